The van der Waals surface area contributed by atoms with Gasteiger partial charge in [-0.3, -0.25) is 15.2 Å². The molecule has 2 atom stereocenters. The number of aliphatic imine (C=N–C) groups is 1. The zero-order chi connectivity index (χ0) is 23.6. The highest BCUT2D eigenvalue weighted by atomic mass is 16.6. The number of hydrogen-bond donors (Lipinski definition) is 3. The van der Waals surface area contributed by atoms with E-state index in [1.54, 1.807) is 0 Å². The zero-order valence-corrected chi connectivity index (χ0v) is 20.5. The van der Waals surface area contributed by atoms with Gasteiger partial charge < -0.3 is 20.1 Å². The number of benzene rings is 1. The van der Waals surface area contributed by atoms with Gasteiger partial charge in [-0.1, -0.05) is 12.1 Å². The molecule has 180 valence electrons. The van der Waals surface area contributed by atoms with Crippen molar-refractivity contribution in [3.8, 4) is 0 Å². The number of anilines is 1. The van der Waals surface area contributed by atoms with Crippen molar-refractivity contribution in [2.45, 2.75) is 65.6 Å². The molecule has 0 spiro atoms. The van der Waals surface area contributed by atoms with Crippen molar-refractivity contribution in [3.63, 3.8) is 0 Å². The summed E-state index contributed by atoms with van der Waals surface area (Å²) < 4.78 is 10.8. The molecule has 0 bridgehead atoms. The number of nitrogens with one attached hydrogen (secondary N) is 3. The van der Waals surface area contributed by atoms with E-state index >= 15 is 0 Å². The molecule has 0 radical (unpaired) electrons. The summed E-state index contributed by atoms with van der Waals surface area (Å²) in [6.07, 6.45) is 0.409. The highest BCUT2D eigenvalue weighted by Crippen LogP contribution is 2.13. The van der Waals surface area contributed by atoms with Crippen LogP contribution in [0.25, 0.3) is 0 Å². The van der Waals surface area contributed by atoms with Gasteiger partial charge in [0.05, 0.1) is 19.8 Å². The van der Waals surface area contributed by atoms with Crippen LogP contribution in [-0.2, 0) is 15.9 Å². The fourth-order valence-corrected chi connectivity index (χ4v) is 3.57. The number of morpholine rings is 1. The highest BCUT2D eigenvalue weighted by molar-refractivity contribution is 5.84. The maximum Gasteiger partial charge on any atom is 0.412 e. The van der Waals surface area contributed by atoms with Crippen molar-refractivity contribution in [3.05, 3.63) is 29.8 Å². The molecule has 1 amide bonds. The number of carbonyl (C=O) groups excluding carboxylic acids is 1. The molecule has 2 unspecified atom stereocenters. The Morgan fingerprint density at radius 3 is 2.62 bits per heavy atom. The molecule has 1 heterocycles. The van der Waals surface area contributed by atoms with Crippen LogP contribution in [0.5, 0.6) is 0 Å². The van der Waals surface area contributed by atoms with Gasteiger partial charge in [-0.25, -0.2) is 4.79 Å². The zero-order valence-electron chi connectivity index (χ0n) is 20.5. The number of guanidine groups is 1. The van der Waals surface area contributed by atoms with Crippen molar-refractivity contribution in [1.82, 2.24) is 15.5 Å². The molecule has 1 aliphatic heterocycles. The van der Waals surface area contributed by atoms with Gasteiger partial charge in [0.15, 0.2) is 5.96 Å². The minimum Gasteiger partial charge on any atom is -0.444 e. The molecule has 2 rings (SSSR count). The Kier molecular flexibility index (Phi) is 10.3. The molecule has 1 saturated heterocycles. The van der Waals surface area contributed by atoms with Crippen molar-refractivity contribution < 1.29 is 14.3 Å². The molecule has 1 fully saturated rings. The number of rotatable bonds is 8. The second-order valence-corrected chi connectivity index (χ2v) is 9.23. The standard InChI is InChI=1S/C24H41N5O3/c1-7-25-22(27-16-18(2)29-14-15-31-17-19(29)3)26-13-12-20-8-10-21(11-9-20)28-23(30)32-24(4,5)6/h8-11,18-19H,7,12-17H2,1-6H3,(H,28,30)(H2,25,26,27). The van der Waals surface area contributed by atoms with Gasteiger partial charge in [-0.05, 0) is 65.7 Å². The molecule has 8 nitrogen and oxygen atoms in total. The van der Waals surface area contributed by atoms with Gasteiger partial charge >= 0.3 is 6.09 Å². The Bertz CT molecular complexity index is 730. The van der Waals surface area contributed by atoms with Crippen LogP contribution in [0.2, 0.25) is 0 Å². The molecule has 32 heavy (non-hydrogen) atoms. The second-order valence-electron chi connectivity index (χ2n) is 9.23. The summed E-state index contributed by atoms with van der Waals surface area (Å²) in [7, 11) is 0. The number of amides is 1. The molecule has 1 aromatic carbocycles. The average Bonchev–Trinajstić information content (AvgIpc) is 2.72. The maximum atomic E-state index is 11.9. The Balaban J connectivity index is 1.80. The first-order chi connectivity index (χ1) is 15.2. The van der Waals surface area contributed by atoms with Crippen LogP contribution in [0.1, 0.15) is 47.1 Å². The Labute approximate surface area is 193 Å². The topological polar surface area (TPSA) is 87.2 Å². The fourth-order valence-electron chi connectivity index (χ4n) is 3.57. The van der Waals surface area contributed by atoms with Crippen molar-refractivity contribution in [2.75, 3.05) is 44.7 Å². The summed E-state index contributed by atoms with van der Waals surface area (Å²) in [6.45, 7) is 16.9. The summed E-state index contributed by atoms with van der Waals surface area (Å²) >= 11 is 0. The third-order valence-corrected chi connectivity index (χ3v) is 5.15. The van der Waals surface area contributed by atoms with E-state index in [1.807, 2.05) is 45.0 Å². The summed E-state index contributed by atoms with van der Waals surface area (Å²) in [5.74, 6) is 0.837. The summed E-state index contributed by atoms with van der Waals surface area (Å²) in [5.41, 5.74) is 1.38. The third kappa shape index (κ3) is 9.44. The summed E-state index contributed by atoms with van der Waals surface area (Å²) in [6, 6.07) is 8.61. The van der Waals surface area contributed by atoms with Crippen LogP contribution < -0.4 is 16.0 Å². The van der Waals surface area contributed by atoms with Crippen molar-refractivity contribution >= 4 is 17.7 Å². The molecule has 1 aliphatic rings. The monoisotopic (exact) mass is 447 g/mol. The predicted octanol–water partition coefficient (Wildman–Crippen LogP) is 3.24. The Hall–Kier alpha value is -2.32. The van der Waals surface area contributed by atoms with E-state index in [0.29, 0.717) is 12.1 Å². The third-order valence-electron chi connectivity index (χ3n) is 5.15. The average molecular weight is 448 g/mol. The number of ether oxygens (including phenoxy) is 2. The van der Waals surface area contributed by atoms with Gasteiger partial charge in [-0.2, -0.15) is 0 Å². The van der Waals surface area contributed by atoms with Gasteiger partial charge in [0.25, 0.3) is 0 Å². The van der Waals surface area contributed by atoms with Gasteiger partial charge in [0.2, 0.25) is 0 Å². The quantitative estimate of drug-likeness (QED) is 0.419. The first-order valence-corrected chi connectivity index (χ1v) is 11.6. The lowest BCUT2D eigenvalue weighted by Crippen LogP contribution is -2.49. The summed E-state index contributed by atoms with van der Waals surface area (Å²) in [4.78, 5) is 19.1. The van der Waals surface area contributed by atoms with E-state index in [1.165, 1.54) is 5.56 Å². The Morgan fingerprint density at radius 1 is 1.28 bits per heavy atom. The lowest BCUT2D eigenvalue weighted by Gasteiger charge is -2.37. The van der Waals surface area contributed by atoms with Crippen molar-refractivity contribution in [1.29, 1.82) is 0 Å². The van der Waals surface area contributed by atoms with Crippen LogP contribution in [0.3, 0.4) is 0 Å². The van der Waals surface area contributed by atoms with Crippen LogP contribution in [-0.4, -0.2) is 74.0 Å². The van der Waals surface area contributed by atoms with Crippen molar-refractivity contribution in [2.24, 2.45) is 4.99 Å². The molecule has 0 aromatic heterocycles. The SMILES string of the molecule is CCNC(=NCC(C)N1CCOCC1C)NCCc1ccc(NC(=O)OC(C)(C)C)cc1. The maximum absolute atomic E-state index is 11.9. The Morgan fingerprint density at radius 2 is 2.00 bits per heavy atom. The number of nitrogens with zero attached hydrogens (tertiary/aromatic N) is 2. The van der Waals surface area contributed by atoms with E-state index in [4.69, 9.17) is 14.5 Å². The minimum atomic E-state index is -0.514. The van der Waals surface area contributed by atoms with Crippen LogP contribution in [0.15, 0.2) is 29.3 Å². The molecule has 0 aliphatic carbocycles. The molecular formula is C24H41N5O3. The van der Waals surface area contributed by atoms with Gasteiger partial charge in [-0.15, -0.1) is 0 Å². The smallest absolute Gasteiger partial charge is 0.412 e. The second kappa shape index (κ2) is 12.6. The lowest BCUT2D eigenvalue weighted by molar-refractivity contribution is -0.0165. The lowest BCUT2D eigenvalue weighted by atomic mass is 10.1. The van der Waals surface area contributed by atoms with E-state index in [2.05, 4.69) is 41.6 Å². The molecule has 1 aromatic rings. The summed E-state index contributed by atoms with van der Waals surface area (Å²) in [5, 5.41) is 9.50. The normalized spacial score (nSPS) is 18.7. The molecular weight excluding hydrogens is 406 g/mol. The number of hydrogen-bond acceptors (Lipinski definition) is 5. The van der Waals surface area contributed by atoms with E-state index in [-0.39, 0.29) is 0 Å². The first-order valence-electron chi connectivity index (χ1n) is 11.6. The molecule has 3 N–H and O–H groups in total. The van der Waals surface area contributed by atoms with E-state index < -0.39 is 11.7 Å². The fraction of sp³-hybridized carbons (Fsp3) is 0.667. The van der Waals surface area contributed by atoms with Crippen LogP contribution in [0, 0.1) is 0 Å². The minimum absolute atomic E-state index is 0.370. The van der Waals surface area contributed by atoms with Crippen LogP contribution in [0.4, 0.5) is 10.5 Å². The van der Waals surface area contributed by atoms with E-state index in [0.717, 1.165) is 57.5 Å². The largest absolute Gasteiger partial charge is 0.444 e. The van der Waals surface area contributed by atoms with E-state index in [9.17, 15) is 4.79 Å². The number of carbonyl (C=O) groups is 1. The van der Waals surface area contributed by atoms with Gasteiger partial charge in [0, 0.05) is 37.4 Å². The highest BCUT2D eigenvalue weighted by Gasteiger charge is 2.23. The van der Waals surface area contributed by atoms with Gasteiger partial charge in [0.1, 0.15) is 5.60 Å². The van der Waals surface area contributed by atoms with Crippen LogP contribution >= 0.6 is 0 Å². The first kappa shape index (κ1) is 25.9. The predicted molar refractivity (Wildman–Crippen MR) is 130 cm³/mol. The molecule has 0 saturated carbocycles. The molecule has 8 heteroatoms.